The summed E-state index contributed by atoms with van der Waals surface area (Å²) in [6.45, 7) is 8.35. The number of hydrazine groups is 1. The van der Waals surface area contributed by atoms with Crippen molar-refractivity contribution in [3.8, 4) is 0 Å². The Morgan fingerprint density at radius 1 is 1.00 bits per heavy atom. The van der Waals surface area contributed by atoms with Gasteiger partial charge in [-0.15, -0.1) is 0 Å². The third-order valence-electron chi connectivity index (χ3n) is 4.72. The average molecular weight is 410 g/mol. The van der Waals surface area contributed by atoms with E-state index in [1.807, 2.05) is 47.4 Å². The van der Waals surface area contributed by atoms with E-state index in [1.165, 1.54) is 0 Å². The molecule has 0 saturated carbocycles. The zero-order valence-corrected chi connectivity index (χ0v) is 17.8. The van der Waals surface area contributed by atoms with Crippen LogP contribution in [0.4, 0.5) is 5.69 Å². The topological polar surface area (TPSA) is 28.0 Å². The molecule has 0 aliphatic rings. The minimum Gasteiger partial charge on any atom is -1.00 e. The fourth-order valence-electron chi connectivity index (χ4n) is 2.99. The molecule has 148 valence electrons. The lowest BCUT2D eigenvalue weighted by atomic mass is 10.2. The number of carbonyl (C=O) groups is 1. The maximum atomic E-state index is 13.1. The minimum absolute atomic E-state index is 0. The van der Waals surface area contributed by atoms with Gasteiger partial charge in [-0.25, -0.2) is 5.01 Å². The molecule has 2 aromatic rings. The normalized spacial score (nSPS) is 10.4. The van der Waals surface area contributed by atoms with Gasteiger partial charge in [0.05, 0.1) is 25.3 Å². The zero-order chi connectivity index (χ0) is 18.9. The predicted molar refractivity (Wildman–Crippen MR) is 109 cm³/mol. The quantitative estimate of drug-likeness (QED) is 0.597. The van der Waals surface area contributed by atoms with E-state index in [2.05, 4.69) is 13.8 Å². The first kappa shape index (κ1) is 23.3. The number of rotatable bonds is 9. The first-order chi connectivity index (χ1) is 12.6. The second-order valence-electron chi connectivity index (χ2n) is 6.36. The van der Waals surface area contributed by atoms with Crippen LogP contribution >= 0.6 is 11.6 Å². The number of benzene rings is 2. The van der Waals surface area contributed by atoms with E-state index in [4.69, 9.17) is 11.6 Å². The van der Waals surface area contributed by atoms with Gasteiger partial charge in [-0.05, 0) is 50.2 Å². The summed E-state index contributed by atoms with van der Waals surface area (Å²) in [6.07, 6.45) is 0.952. The van der Waals surface area contributed by atoms with Crippen molar-refractivity contribution in [3.63, 3.8) is 0 Å². The number of hydrogen-bond acceptors (Lipinski definition) is 2. The van der Waals surface area contributed by atoms with Gasteiger partial charge in [-0.3, -0.25) is 9.80 Å². The molecule has 0 unspecified atom stereocenters. The molecule has 0 heterocycles. The van der Waals surface area contributed by atoms with E-state index in [9.17, 15) is 4.79 Å². The van der Waals surface area contributed by atoms with Gasteiger partial charge in [0.15, 0.2) is 0 Å². The zero-order valence-electron chi connectivity index (χ0n) is 16.3. The Morgan fingerprint density at radius 3 is 2.15 bits per heavy atom. The maximum absolute atomic E-state index is 13.1. The molecule has 6 heteroatoms. The van der Waals surface area contributed by atoms with Crippen molar-refractivity contribution in [1.82, 2.24) is 5.01 Å². The molecule has 0 aliphatic heterocycles. The lowest BCUT2D eigenvalue weighted by molar-refractivity contribution is -0.896. The molecule has 4 nitrogen and oxygen atoms in total. The van der Waals surface area contributed by atoms with Crippen molar-refractivity contribution in [2.45, 2.75) is 20.3 Å². The van der Waals surface area contributed by atoms with Crippen LogP contribution in [0.15, 0.2) is 54.6 Å². The van der Waals surface area contributed by atoms with Gasteiger partial charge in [0, 0.05) is 30.6 Å². The van der Waals surface area contributed by atoms with E-state index >= 15 is 0 Å². The summed E-state index contributed by atoms with van der Waals surface area (Å²) in [5.74, 6) is -0.0115. The molecule has 0 aliphatic carbocycles. The molecule has 2 aromatic carbocycles. The minimum atomic E-state index is -0.0115. The van der Waals surface area contributed by atoms with Crippen molar-refractivity contribution in [1.29, 1.82) is 0 Å². The summed E-state index contributed by atoms with van der Waals surface area (Å²) in [6, 6.07) is 17.1. The van der Waals surface area contributed by atoms with Crippen molar-refractivity contribution in [2.75, 3.05) is 38.2 Å². The lowest BCUT2D eigenvalue weighted by Crippen LogP contribution is -3.11. The molecule has 2 rings (SSSR count). The molecule has 0 atom stereocenters. The highest BCUT2D eigenvalue weighted by molar-refractivity contribution is 6.30. The molecule has 27 heavy (non-hydrogen) atoms. The summed E-state index contributed by atoms with van der Waals surface area (Å²) in [7, 11) is 1.94. The monoisotopic (exact) mass is 409 g/mol. The SMILES string of the molecule is CC[NH+](CC)CCCN(C(=O)c1ccc(Cl)cc1)N(C)c1ccccc1.[Cl-]. The van der Waals surface area contributed by atoms with Gasteiger partial charge in [-0.2, -0.15) is 0 Å². The largest absolute Gasteiger partial charge is 1.00 e. The fourth-order valence-corrected chi connectivity index (χ4v) is 3.12. The summed E-state index contributed by atoms with van der Waals surface area (Å²) in [5, 5.41) is 4.39. The van der Waals surface area contributed by atoms with Gasteiger partial charge in [-0.1, -0.05) is 29.8 Å². The first-order valence-electron chi connectivity index (χ1n) is 9.26. The summed E-state index contributed by atoms with van der Waals surface area (Å²) in [4.78, 5) is 14.7. The molecule has 0 fully saturated rings. The van der Waals surface area contributed by atoms with E-state index in [1.54, 1.807) is 29.2 Å². The average Bonchev–Trinajstić information content (AvgIpc) is 2.68. The van der Waals surface area contributed by atoms with Gasteiger partial charge in [0.1, 0.15) is 0 Å². The Labute approximate surface area is 174 Å². The number of carbonyl (C=O) groups excluding carboxylic acids is 1. The van der Waals surface area contributed by atoms with Crippen LogP contribution < -0.4 is 22.3 Å². The van der Waals surface area contributed by atoms with E-state index in [0.717, 1.165) is 31.7 Å². The highest BCUT2D eigenvalue weighted by atomic mass is 35.5. The number of quaternary nitrogens is 1. The van der Waals surface area contributed by atoms with Crippen LogP contribution in [0.25, 0.3) is 0 Å². The Bertz CT molecular complexity index is 676. The van der Waals surface area contributed by atoms with Gasteiger partial charge in [0.25, 0.3) is 5.91 Å². The van der Waals surface area contributed by atoms with Crippen LogP contribution in [-0.4, -0.2) is 44.1 Å². The van der Waals surface area contributed by atoms with E-state index in [0.29, 0.717) is 17.1 Å². The van der Waals surface area contributed by atoms with Crippen molar-refractivity contribution >= 4 is 23.2 Å². The van der Waals surface area contributed by atoms with Crippen LogP contribution in [0.1, 0.15) is 30.6 Å². The predicted octanol–water partition coefficient (Wildman–Crippen LogP) is 0.152. The van der Waals surface area contributed by atoms with Crippen molar-refractivity contribution in [3.05, 3.63) is 65.2 Å². The van der Waals surface area contributed by atoms with Crippen LogP contribution in [0.5, 0.6) is 0 Å². The maximum Gasteiger partial charge on any atom is 0.272 e. The summed E-state index contributed by atoms with van der Waals surface area (Å²) < 4.78 is 0. The number of anilines is 1. The Kier molecular flexibility index (Phi) is 10.2. The second-order valence-corrected chi connectivity index (χ2v) is 6.79. The number of para-hydroxylation sites is 1. The van der Waals surface area contributed by atoms with E-state index < -0.39 is 0 Å². The fraction of sp³-hybridized carbons (Fsp3) is 0.381. The third kappa shape index (κ3) is 6.73. The Balaban J connectivity index is 0.00000364. The van der Waals surface area contributed by atoms with Crippen LogP contribution in [0.2, 0.25) is 5.02 Å². The van der Waals surface area contributed by atoms with Crippen LogP contribution in [0, 0.1) is 0 Å². The molecule has 1 N–H and O–H groups in total. The Hall–Kier alpha value is -1.75. The molecule has 0 aromatic heterocycles. The first-order valence-corrected chi connectivity index (χ1v) is 9.64. The van der Waals surface area contributed by atoms with Crippen molar-refractivity contribution in [2.24, 2.45) is 0 Å². The molecule has 1 amide bonds. The third-order valence-corrected chi connectivity index (χ3v) is 4.97. The van der Waals surface area contributed by atoms with E-state index in [-0.39, 0.29) is 18.3 Å². The van der Waals surface area contributed by atoms with Gasteiger partial charge >= 0.3 is 0 Å². The lowest BCUT2D eigenvalue weighted by Gasteiger charge is -2.34. The highest BCUT2D eigenvalue weighted by Crippen LogP contribution is 2.18. The number of amides is 1. The van der Waals surface area contributed by atoms with Crippen LogP contribution in [0.3, 0.4) is 0 Å². The van der Waals surface area contributed by atoms with Gasteiger partial charge in [0.2, 0.25) is 0 Å². The number of hydrogen-bond donors (Lipinski definition) is 1. The molecule has 0 radical (unpaired) electrons. The molecule has 0 bridgehead atoms. The smallest absolute Gasteiger partial charge is 0.272 e. The molecular formula is C21H29Cl2N3O. The molecule has 0 spiro atoms. The van der Waals surface area contributed by atoms with Gasteiger partial charge < -0.3 is 17.3 Å². The summed E-state index contributed by atoms with van der Waals surface area (Å²) in [5.41, 5.74) is 1.64. The van der Waals surface area contributed by atoms with Crippen molar-refractivity contribution < 1.29 is 22.1 Å². The highest BCUT2D eigenvalue weighted by Gasteiger charge is 2.21. The number of nitrogens with zero attached hydrogens (tertiary/aromatic N) is 2. The molecule has 0 saturated heterocycles. The molecular weight excluding hydrogens is 381 g/mol. The van der Waals surface area contributed by atoms with Crippen LogP contribution in [-0.2, 0) is 0 Å². The number of nitrogens with one attached hydrogen (secondary N) is 1. The number of halogens is 2. The Morgan fingerprint density at radius 2 is 1.59 bits per heavy atom. The standard InChI is InChI=1S/C21H28ClN3O.ClH/c1-4-24(5-2)16-9-17-25(23(3)20-10-7-6-8-11-20)21(26)18-12-14-19(22)15-13-18;/h6-8,10-15H,4-5,9,16-17H2,1-3H3;1H. The second kappa shape index (κ2) is 11.9. The summed E-state index contributed by atoms with van der Waals surface area (Å²) >= 11 is 5.97.